The predicted molar refractivity (Wildman–Crippen MR) is 86.8 cm³/mol. The van der Waals surface area contributed by atoms with Gasteiger partial charge in [0, 0.05) is 37.2 Å². The van der Waals surface area contributed by atoms with Crippen molar-refractivity contribution in [3.8, 4) is 0 Å². The van der Waals surface area contributed by atoms with Crippen LogP contribution in [0.4, 0.5) is 11.4 Å². The summed E-state index contributed by atoms with van der Waals surface area (Å²) >= 11 is 0. The Morgan fingerprint density at radius 2 is 1.88 bits per heavy atom. The van der Waals surface area contributed by atoms with Crippen LogP contribution in [0, 0.1) is 10.1 Å². The smallest absolute Gasteiger partial charge is 0.313 e. The zero-order chi connectivity index (χ0) is 17.9. The molecule has 3 rings (SSSR count). The molecule has 1 spiro atoms. The molecule has 1 aromatic rings. The summed E-state index contributed by atoms with van der Waals surface area (Å²) in [6.07, 6.45) is 3.58. The van der Waals surface area contributed by atoms with Crippen LogP contribution in [0.1, 0.15) is 25.7 Å². The summed E-state index contributed by atoms with van der Waals surface area (Å²) in [5.74, 6) is -2.14. The monoisotopic (exact) mass is 349 g/mol. The number of amides is 2. The van der Waals surface area contributed by atoms with Crippen molar-refractivity contribution in [2.45, 2.75) is 37.6 Å². The van der Waals surface area contributed by atoms with Gasteiger partial charge in [0.25, 0.3) is 5.69 Å². The van der Waals surface area contributed by atoms with E-state index < -0.39 is 22.5 Å². The number of hydrogen-bond acceptors (Lipinski definition) is 6. The molecule has 1 heterocycles. The van der Waals surface area contributed by atoms with Gasteiger partial charge in [-0.25, -0.2) is 0 Å². The van der Waals surface area contributed by atoms with Crippen LogP contribution in [-0.4, -0.2) is 41.8 Å². The molecule has 1 aliphatic carbocycles. The Bertz CT molecular complexity index is 669. The van der Waals surface area contributed by atoms with Crippen LogP contribution in [0.3, 0.4) is 0 Å². The fraction of sp³-hybridized carbons (Fsp3) is 0.500. The number of nitro benzene ring substituents is 1. The van der Waals surface area contributed by atoms with Gasteiger partial charge in [-0.3, -0.25) is 19.7 Å². The average molecular weight is 349 g/mol. The second kappa shape index (κ2) is 7.16. The van der Waals surface area contributed by atoms with Crippen molar-refractivity contribution in [1.82, 2.24) is 5.32 Å². The molecular weight excluding hydrogens is 330 g/mol. The second-order valence-electron chi connectivity index (χ2n) is 6.14. The molecule has 1 aromatic carbocycles. The van der Waals surface area contributed by atoms with E-state index in [2.05, 4.69) is 10.6 Å². The third-order valence-electron chi connectivity index (χ3n) is 4.31. The van der Waals surface area contributed by atoms with Crippen LogP contribution < -0.4 is 10.6 Å². The van der Waals surface area contributed by atoms with Crippen molar-refractivity contribution in [2.24, 2.45) is 0 Å². The van der Waals surface area contributed by atoms with Crippen LogP contribution in [0.2, 0.25) is 0 Å². The summed E-state index contributed by atoms with van der Waals surface area (Å²) in [5.41, 5.74) is 0.206. The van der Waals surface area contributed by atoms with E-state index in [0.29, 0.717) is 12.3 Å². The number of nitrogens with one attached hydrogen (secondary N) is 2. The van der Waals surface area contributed by atoms with Crippen LogP contribution in [0.5, 0.6) is 0 Å². The maximum atomic E-state index is 11.9. The van der Waals surface area contributed by atoms with Gasteiger partial charge in [0.1, 0.15) is 6.10 Å². The van der Waals surface area contributed by atoms with Gasteiger partial charge in [-0.1, -0.05) is 0 Å². The summed E-state index contributed by atoms with van der Waals surface area (Å²) in [6.45, 7) is 0.582. The molecule has 0 unspecified atom stereocenters. The van der Waals surface area contributed by atoms with E-state index in [4.69, 9.17) is 9.47 Å². The van der Waals surface area contributed by atoms with Gasteiger partial charge in [0.15, 0.2) is 5.79 Å². The lowest BCUT2D eigenvalue weighted by Crippen LogP contribution is -2.40. The molecule has 2 aliphatic rings. The summed E-state index contributed by atoms with van der Waals surface area (Å²) in [6, 6.07) is 5.22. The SMILES string of the molecule is O=C(NC[C@@H]1COC2(CCCC2)O1)C(=O)Nc1ccc([N+](=O)[O-])cc1. The van der Waals surface area contributed by atoms with E-state index >= 15 is 0 Å². The molecule has 0 bridgehead atoms. The van der Waals surface area contributed by atoms with E-state index in [0.717, 1.165) is 25.7 Å². The van der Waals surface area contributed by atoms with Gasteiger partial charge in [-0.15, -0.1) is 0 Å². The summed E-state index contributed by atoms with van der Waals surface area (Å²) < 4.78 is 11.6. The van der Waals surface area contributed by atoms with Gasteiger partial charge < -0.3 is 20.1 Å². The minimum Gasteiger partial charge on any atom is -0.347 e. The number of benzene rings is 1. The Labute approximate surface area is 143 Å². The van der Waals surface area contributed by atoms with E-state index in [1.165, 1.54) is 24.3 Å². The number of carbonyl (C=O) groups excluding carboxylic acids is 2. The quantitative estimate of drug-likeness (QED) is 0.481. The van der Waals surface area contributed by atoms with Crippen LogP contribution >= 0.6 is 0 Å². The van der Waals surface area contributed by atoms with Crippen molar-refractivity contribution >= 4 is 23.2 Å². The second-order valence-corrected chi connectivity index (χ2v) is 6.14. The average Bonchev–Trinajstić information content (AvgIpc) is 3.23. The van der Waals surface area contributed by atoms with Gasteiger partial charge in [-0.05, 0) is 25.0 Å². The molecule has 1 saturated carbocycles. The molecule has 1 atom stereocenters. The molecule has 0 radical (unpaired) electrons. The first kappa shape index (κ1) is 17.3. The molecule has 0 aromatic heterocycles. The lowest BCUT2D eigenvalue weighted by Gasteiger charge is -2.21. The Morgan fingerprint density at radius 1 is 1.20 bits per heavy atom. The number of nitrogens with zero attached hydrogens (tertiary/aromatic N) is 1. The molecule has 9 nitrogen and oxygen atoms in total. The van der Waals surface area contributed by atoms with Gasteiger partial charge in [0.05, 0.1) is 11.5 Å². The van der Waals surface area contributed by atoms with Gasteiger partial charge in [0.2, 0.25) is 0 Å². The zero-order valence-electron chi connectivity index (χ0n) is 13.5. The summed E-state index contributed by atoms with van der Waals surface area (Å²) in [4.78, 5) is 33.8. The highest BCUT2D eigenvalue weighted by Gasteiger charge is 2.43. The summed E-state index contributed by atoms with van der Waals surface area (Å²) in [5, 5.41) is 15.5. The highest BCUT2D eigenvalue weighted by Crippen LogP contribution is 2.38. The van der Waals surface area contributed by atoms with E-state index in [1.807, 2.05) is 0 Å². The van der Waals surface area contributed by atoms with Crippen LogP contribution in [-0.2, 0) is 19.1 Å². The molecule has 9 heteroatoms. The molecule has 1 aliphatic heterocycles. The molecule has 25 heavy (non-hydrogen) atoms. The third kappa shape index (κ3) is 4.12. The predicted octanol–water partition coefficient (Wildman–Crippen LogP) is 1.34. The Hall–Kier alpha value is -2.52. The standard InChI is InChI=1S/C16H19N3O6/c20-14(15(21)18-11-3-5-12(6-4-11)19(22)23)17-9-13-10-24-16(25-13)7-1-2-8-16/h3-6,13H,1-2,7-10H2,(H,17,20)(H,18,21)/t13-/m1/s1. The first-order valence-electron chi connectivity index (χ1n) is 8.13. The largest absolute Gasteiger partial charge is 0.347 e. The first-order chi connectivity index (χ1) is 12.0. The van der Waals surface area contributed by atoms with Crippen LogP contribution in [0.25, 0.3) is 0 Å². The number of rotatable bonds is 4. The number of nitro groups is 1. The fourth-order valence-corrected chi connectivity index (χ4v) is 3.03. The Kier molecular flexibility index (Phi) is 4.95. The minimum absolute atomic E-state index is 0.0957. The van der Waals surface area contributed by atoms with E-state index in [9.17, 15) is 19.7 Å². The number of ether oxygens (including phenoxy) is 2. The molecule has 2 fully saturated rings. The van der Waals surface area contributed by atoms with Crippen LogP contribution in [0.15, 0.2) is 24.3 Å². The number of non-ortho nitro benzene ring substituents is 1. The van der Waals surface area contributed by atoms with Crippen molar-refractivity contribution in [3.05, 3.63) is 34.4 Å². The lowest BCUT2D eigenvalue weighted by atomic mass is 10.2. The maximum Gasteiger partial charge on any atom is 0.313 e. The minimum atomic E-state index is -0.844. The summed E-state index contributed by atoms with van der Waals surface area (Å²) in [7, 11) is 0. The fourth-order valence-electron chi connectivity index (χ4n) is 3.03. The normalized spacial score (nSPS) is 21.2. The topological polar surface area (TPSA) is 120 Å². The van der Waals surface area contributed by atoms with Crippen molar-refractivity contribution in [2.75, 3.05) is 18.5 Å². The number of carbonyl (C=O) groups is 2. The number of anilines is 1. The molecule has 2 N–H and O–H groups in total. The molecule has 1 saturated heterocycles. The zero-order valence-corrected chi connectivity index (χ0v) is 13.5. The third-order valence-corrected chi connectivity index (χ3v) is 4.31. The highest BCUT2D eigenvalue weighted by atomic mass is 16.7. The first-order valence-corrected chi connectivity index (χ1v) is 8.13. The van der Waals surface area contributed by atoms with Crippen molar-refractivity contribution < 1.29 is 24.0 Å². The van der Waals surface area contributed by atoms with Gasteiger partial charge in [-0.2, -0.15) is 0 Å². The Balaban J connectivity index is 1.45. The number of hydrogen-bond donors (Lipinski definition) is 2. The van der Waals surface area contributed by atoms with Crippen molar-refractivity contribution in [1.29, 1.82) is 0 Å². The molecular formula is C16H19N3O6. The van der Waals surface area contributed by atoms with Gasteiger partial charge >= 0.3 is 11.8 Å². The van der Waals surface area contributed by atoms with E-state index in [-0.39, 0.29) is 18.3 Å². The van der Waals surface area contributed by atoms with E-state index in [1.54, 1.807) is 0 Å². The molecule has 2 amide bonds. The molecule has 134 valence electrons. The maximum absolute atomic E-state index is 11.9. The van der Waals surface area contributed by atoms with Crippen molar-refractivity contribution in [3.63, 3.8) is 0 Å². The highest BCUT2D eigenvalue weighted by molar-refractivity contribution is 6.39. The lowest BCUT2D eigenvalue weighted by molar-refractivity contribution is -0.384. The Morgan fingerprint density at radius 3 is 2.52 bits per heavy atom.